The first kappa shape index (κ1) is 55.3. The lowest BCUT2D eigenvalue weighted by molar-refractivity contribution is -0.161. The Kier molecular flexibility index (Phi) is 32.7. The van der Waals surface area contributed by atoms with Gasteiger partial charge in [-0.05, 0) is 57.3 Å². The van der Waals surface area contributed by atoms with Crippen molar-refractivity contribution in [3.05, 3.63) is 36.5 Å². The van der Waals surface area contributed by atoms with Crippen molar-refractivity contribution in [2.45, 2.75) is 193 Å². The zero-order chi connectivity index (χ0) is 43.6. The minimum atomic E-state index is -4.87. The predicted octanol–water partition coefficient (Wildman–Crippen LogP) is 10.1. The number of epoxide rings is 1. The Hall–Kier alpha value is -1.70. The molecule has 0 amide bonds. The fraction of sp³-hybridized carbons (Fsp3) is 0.814. The number of phosphoric ester groups is 2. The molecule has 0 aromatic carbocycles. The fourth-order valence-electron chi connectivity index (χ4n) is 6.10. The van der Waals surface area contributed by atoms with Gasteiger partial charge in [-0.1, -0.05) is 141 Å². The average molecular weight is 881 g/mol. The summed E-state index contributed by atoms with van der Waals surface area (Å²) in [6.45, 7) is 3.97. The van der Waals surface area contributed by atoms with Crippen molar-refractivity contribution in [1.82, 2.24) is 0 Å². The van der Waals surface area contributed by atoms with E-state index in [-0.39, 0.29) is 12.8 Å². The molecular weight excluding hydrogens is 802 g/mol. The molecule has 0 bridgehead atoms. The predicted molar refractivity (Wildman–Crippen MR) is 229 cm³/mol. The number of phosphoric acid groups is 2. The quantitative estimate of drug-likeness (QED) is 0.0149. The molecule has 0 spiro atoms. The summed E-state index contributed by atoms with van der Waals surface area (Å²) in [6.07, 6.45) is 33.2. The number of ether oxygens (including phenoxy) is 3. The summed E-state index contributed by atoms with van der Waals surface area (Å²) in [5.74, 6) is -0.319. The second-order valence-electron chi connectivity index (χ2n) is 15.8. The summed E-state index contributed by atoms with van der Waals surface area (Å²) in [6, 6.07) is 0. The minimum Gasteiger partial charge on any atom is -0.462 e. The molecule has 344 valence electrons. The van der Waals surface area contributed by atoms with Gasteiger partial charge in [0.1, 0.15) is 12.7 Å². The van der Waals surface area contributed by atoms with E-state index in [0.717, 1.165) is 50.9 Å². The summed E-state index contributed by atoms with van der Waals surface area (Å²) in [7, 11) is -9.69. The van der Waals surface area contributed by atoms with Gasteiger partial charge in [-0.3, -0.25) is 23.2 Å². The molecule has 1 fully saturated rings. The SMILES string of the molecule is CCCCC/C=C\CC1OC1C/C=C\C/C=C\CCCC(=O)O[C@H](COC(=O)CCCCCCCCCCCCCC(C)C)COP(=O)(O)OC[C@@H](O)COP(=O)(O)O. The maximum atomic E-state index is 12.7. The average Bonchev–Trinajstić information content (AvgIpc) is 3.94. The Morgan fingerprint density at radius 3 is 1.78 bits per heavy atom. The van der Waals surface area contributed by atoms with E-state index in [2.05, 4.69) is 54.1 Å². The van der Waals surface area contributed by atoms with Gasteiger partial charge < -0.3 is 34.0 Å². The van der Waals surface area contributed by atoms with Crippen molar-refractivity contribution in [3.8, 4) is 0 Å². The second kappa shape index (κ2) is 34.8. The third-order valence-corrected chi connectivity index (χ3v) is 11.0. The molecule has 4 N–H and O–H groups in total. The number of rotatable bonds is 40. The maximum absolute atomic E-state index is 12.7. The van der Waals surface area contributed by atoms with Gasteiger partial charge in [0.2, 0.25) is 0 Å². The van der Waals surface area contributed by atoms with Crippen LogP contribution in [-0.4, -0.2) is 82.6 Å². The molecule has 1 heterocycles. The Morgan fingerprint density at radius 2 is 1.15 bits per heavy atom. The lowest BCUT2D eigenvalue weighted by Crippen LogP contribution is -2.29. The number of carbonyl (C=O) groups excluding carboxylic acids is 2. The van der Waals surface area contributed by atoms with Gasteiger partial charge in [0.05, 0.1) is 32.0 Å². The van der Waals surface area contributed by atoms with E-state index in [1.807, 2.05) is 12.2 Å². The zero-order valence-corrected chi connectivity index (χ0v) is 38.0. The number of esters is 2. The first-order valence-corrected chi connectivity index (χ1v) is 25.2. The van der Waals surface area contributed by atoms with Crippen LogP contribution in [0.25, 0.3) is 0 Å². The second-order valence-corrected chi connectivity index (χ2v) is 18.5. The standard InChI is InChI=1S/C43H78O14P2/c1-4-5-6-7-19-24-29-40-41(57-40)30-25-20-15-13-17-22-27-32-43(46)56-39(36-55-59(50,51)54-34-38(44)33-53-58(47,48)49)35-52-42(45)31-26-21-16-12-10-8-9-11-14-18-23-28-37(2)3/h13,17,19-20,24-25,37-41,44H,4-12,14-16,18,21-23,26-36H2,1-3H3,(H,50,51)(H2,47,48,49)/b17-13-,24-19-,25-20-/t38-,39+,40?,41?/m0/s1. The fourth-order valence-corrected chi connectivity index (χ4v) is 7.25. The van der Waals surface area contributed by atoms with Crippen LogP contribution in [0.5, 0.6) is 0 Å². The molecule has 3 unspecified atom stereocenters. The molecule has 0 aromatic rings. The van der Waals surface area contributed by atoms with Gasteiger partial charge in [0.25, 0.3) is 0 Å². The summed E-state index contributed by atoms with van der Waals surface area (Å²) < 4.78 is 53.5. The maximum Gasteiger partial charge on any atom is 0.472 e. The number of aliphatic hydroxyl groups is 1. The number of unbranched alkanes of at least 4 members (excludes halogenated alkanes) is 14. The lowest BCUT2D eigenvalue weighted by Gasteiger charge is -2.20. The van der Waals surface area contributed by atoms with Crippen LogP contribution in [0.15, 0.2) is 36.5 Å². The van der Waals surface area contributed by atoms with Crippen molar-refractivity contribution >= 4 is 27.6 Å². The largest absolute Gasteiger partial charge is 0.472 e. The smallest absolute Gasteiger partial charge is 0.462 e. The first-order valence-electron chi connectivity index (χ1n) is 22.2. The van der Waals surface area contributed by atoms with Crippen molar-refractivity contribution in [1.29, 1.82) is 0 Å². The molecule has 1 aliphatic heterocycles. The Labute approximate surface area is 354 Å². The molecule has 0 radical (unpaired) electrons. The summed E-state index contributed by atoms with van der Waals surface area (Å²) >= 11 is 0. The monoisotopic (exact) mass is 880 g/mol. The van der Waals surface area contributed by atoms with Crippen molar-refractivity contribution < 1.29 is 66.3 Å². The first-order chi connectivity index (χ1) is 28.2. The Morgan fingerprint density at radius 1 is 0.627 bits per heavy atom. The van der Waals surface area contributed by atoms with Crippen LogP contribution in [-0.2, 0) is 46.5 Å². The van der Waals surface area contributed by atoms with Gasteiger partial charge in [0.15, 0.2) is 6.10 Å². The Bertz CT molecular complexity index is 1270. The van der Waals surface area contributed by atoms with Crippen molar-refractivity contribution in [3.63, 3.8) is 0 Å². The number of aliphatic hydroxyl groups excluding tert-OH is 1. The summed E-state index contributed by atoms with van der Waals surface area (Å²) in [5, 5.41) is 9.75. The third-order valence-electron chi connectivity index (χ3n) is 9.60. The van der Waals surface area contributed by atoms with Crippen LogP contribution < -0.4 is 0 Å². The van der Waals surface area contributed by atoms with Crippen LogP contribution in [0.3, 0.4) is 0 Å². The van der Waals surface area contributed by atoms with E-state index in [9.17, 15) is 28.7 Å². The van der Waals surface area contributed by atoms with E-state index < -0.39 is 66.2 Å². The molecular formula is C43H78O14P2. The van der Waals surface area contributed by atoms with Crippen LogP contribution in [0.1, 0.15) is 168 Å². The zero-order valence-electron chi connectivity index (χ0n) is 36.2. The molecule has 16 heteroatoms. The van der Waals surface area contributed by atoms with Crippen molar-refractivity contribution in [2.24, 2.45) is 5.92 Å². The lowest BCUT2D eigenvalue weighted by atomic mass is 10.0. The minimum absolute atomic E-state index is 0.0510. The molecule has 1 saturated heterocycles. The van der Waals surface area contributed by atoms with Gasteiger partial charge in [-0.2, -0.15) is 0 Å². The normalized spacial score (nSPS) is 17.9. The molecule has 0 aliphatic carbocycles. The highest BCUT2D eigenvalue weighted by Gasteiger charge is 2.36. The summed E-state index contributed by atoms with van der Waals surface area (Å²) in [5.41, 5.74) is 0. The number of hydrogen-bond donors (Lipinski definition) is 4. The van der Waals surface area contributed by atoms with Gasteiger partial charge >= 0.3 is 27.6 Å². The van der Waals surface area contributed by atoms with Crippen LogP contribution in [0, 0.1) is 5.92 Å². The molecule has 59 heavy (non-hydrogen) atoms. The van der Waals surface area contributed by atoms with Crippen molar-refractivity contribution in [2.75, 3.05) is 26.4 Å². The van der Waals surface area contributed by atoms with E-state index in [4.69, 9.17) is 28.5 Å². The van der Waals surface area contributed by atoms with Gasteiger partial charge in [-0.25, -0.2) is 9.13 Å². The molecule has 0 saturated carbocycles. The number of allylic oxidation sites excluding steroid dienone is 4. The van der Waals surface area contributed by atoms with Gasteiger partial charge in [0, 0.05) is 12.8 Å². The highest BCUT2D eigenvalue weighted by Crippen LogP contribution is 2.44. The van der Waals surface area contributed by atoms with Crippen LogP contribution in [0.2, 0.25) is 0 Å². The van der Waals surface area contributed by atoms with E-state index in [1.165, 1.54) is 70.6 Å². The molecule has 5 atom stereocenters. The molecule has 14 nitrogen and oxygen atoms in total. The summed E-state index contributed by atoms with van der Waals surface area (Å²) in [4.78, 5) is 52.7. The van der Waals surface area contributed by atoms with Crippen LogP contribution >= 0.6 is 15.6 Å². The van der Waals surface area contributed by atoms with Gasteiger partial charge in [-0.15, -0.1) is 0 Å². The molecule has 0 aromatic heterocycles. The highest BCUT2D eigenvalue weighted by atomic mass is 31.2. The Balaban J connectivity index is 2.40. The molecule has 1 rings (SSSR count). The number of hydrogen-bond acceptors (Lipinski definition) is 11. The van der Waals surface area contributed by atoms with E-state index >= 15 is 0 Å². The highest BCUT2D eigenvalue weighted by molar-refractivity contribution is 7.47. The number of carbonyl (C=O) groups is 2. The topological polar surface area (TPSA) is 208 Å². The third kappa shape index (κ3) is 36.7. The molecule has 1 aliphatic rings. The van der Waals surface area contributed by atoms with E-state index in [0.29, 0.717) is 31.5 Å². The van der Waals surface area contributed by atoms with Crippen LogP contribution in [0.4, 0.5) is 0 Å². The van der Waals surface area contributed by atoms with E-state index in [1.54, 1.807) is 0 Å².